The van der Waals surface area contributed by atoms with Crippen LogP contribution in [0.5, 0.6) is 5.75 Å². The Hall–Kier alpha value is -2.15. The van der Waals surface area contributed by atoms with E-state index in [9.17, 15) is 10.1 Å². The number of hydrogen-bond donors (Lipinski definition) is 0. The first-order valence-electron chi connectivity index (χ1n) is 4.87. The van der Waals surface area contributed by atoms with Crippen LogP contribution in [0.15, 0.2) is 22.6 Å². The lowest BCUT2D eigenvalue weighted by molar-refractivity contribution is -0.384. The average Bonchev–Trinajstić information content (AvgIpc) is 2.86. The van der Waals surface area contributed by atoms with E-state index in [1.165, 1.54) is 25.3 Å². The van der Waals surface area contributed by atoms with Crippen LogP contribution in [0.1, 0.15) is 5.89 Å². The van der Waals surface area contributed by atoms with Crippen molar-refractivity contribution in [1.82, 2.24) is 10.2 Å². The van der Waals surface area contributed by atoms with E-state index in [4.69, 9.17) is 20.8 Å². The maximum absolute atomic E-state index is 10.6. The molecule has 1 aromatic carbocycles. The van der Waals surface area contributed by atoms with Gasteiger partial charge in [-0.15, -0.1) is 21.8 Å². The van der Waals surface area contributed by atoms with E-state index in [0.29, 0.717) is 5.56 Å². The number of halogens is 1. The number of ether oxygens (including phenoxy) is 1. The summed E-state index contributed by atoms with van der Waals surface area (Å²) in [6.45, 7) is 0. The Morgan fingerprint density at radius 2 is 2.28 bits per heavy atom. The summed E-state index contributed by atoms with van der Waals surface area (Å²) in [6.07, 6.45) is 0. The van der Waals surface area contributed by atoms with Crippen molar-refractivity contribution in [1.29, 1.82) is 0 Å². The molecule has 94 valence electrons. The smallest absolute Gasteiger partial charge is 0.273 e. The second-order valence-corrected chi connectivity index (χ2v) is 3.54. The number of nitro groups is 1. The molecule has 0 bridgehead atoms. The Labute approximate surface area is 106 Å². The fourth-order valence-corrected chi connectivity index (χ4v) is 1.49. The minimum Gasteiger partial charge on any atom is -0.496 e. The van der Waals surface area contributed by atoms with Crippen LogP contribution in [-0.4, -0.2) is 22.2 Å². The second kappa shape index (κ2) is 5.01. The lowest BCUT2D eigenvalue weighted by atomic mass is 10.2. The molecule has 8 heteroatoms. The fourth-order valence-electron chi connectivity index (χ4n) is 1.39. The first-order valence-corrected chi connectivity index (χ1v) is 5.40. The summed E-state index contributed by atoms with van der Waals surface area (Å²) in [5, 5.41) is 18.1. The van der Waals surface area contributed by atoms with Crippen molar-refractivity contribution < 1.29 is 14.1 Å². The van der Waals surface area contributed by atoms with Crippen LogP contribution in [0.2, 0.25) is 0 Å². The first kappa shape index (κ1) is 12.3. The van der Waals surface area contributed by atoms with E-state index in [1.54, 1.807) is 0 Å². The molecule has 1 aromatic heterocycles. The number of non-ortho nitro benzene ring substituents is 1. The monoisotopic (exact) mass is 269 g/mol. The normalized spacial score (nSPS) is 10.3. The van der Waals surface area contributed by atoms with Crippen molar-refractivity contribution in [2.75, 3.05) is 7.11 Å². The zero-order valence-electron chi connectivity index (χ0n) is 9.29. The molecular weight excluding hydrogens is 262 g/mol. The molecule has 0 amide bonds. The van der Waals surface area contributed by atoms with Crippen molar-refractivity contribution in [2.24, 2.45) is 0 Å². The molecule has 0 saturated heterocycles. The van der Waals surface area contributed by atoms with Gasteiger partial charge in [0, 0.05) is 6.07 Å². The predicted octanol–water partition coefficient (Wildman–Crippen LogP) is 2.39. The van der Waals surface area contributed by atoms with Crippen molar-refractivity contribution >= 4 is 17.3 Å². The van der Waals surface area contributed by atoms with Gasteiger partial charge in [-0.25, -0.2) is 0 Å². The molecule has 0 radical (unpaired) electrons. The van der Waals surface area contributed by atoms with Gasteiger partial charge in [-0.3, -0.25) is 10.1 Å². The third-order valence-electron chi connectivity index (χ3n) is 2.21. The van der Waals surface area contributed by atoms with E-state index >= 15 is 0 Å². The number of hydrogen-bond acceptors (Lipinski definition) is 6. The molecule has 2 aromatic rings. The fraction of sp³-hybridized carbons (Fsp3) is 0.200. The van der Waals surface area contributed by atoms with E-state index in [0.717, 1.165) is 0 Å². The number of methoxy groups -OCH3 is 1. The molecule has 0 fully saturated rings. The molecule has 18 heavy (non-hydrogen) atoms. The number of benzene rings is 1. The van der Waals surface area contributed by atoms with E-state index in [-0.39, 0.29) is 29.1 Å². The average molecular weight is 270 g/mol. The summed E-state index contributed by atoms with van der Waals surface area (Å²) in [4.78, 5) is 10.1. The lowest BCUT2D eigenvalue weighted by Gasteiger charge is -2.04. The van der Waals surface area contributed by atoms with Gasteiger partial charge < -0.3 is 9.15 Å². The van der Waals surface area contributed by atoms with Gasteiger partial charge in [0.1, 0.15) is 11.6 Å². The number of nitro benzene ring substituents is 1. The van der Waals surface area contributed by atoms with Crippen molar-refractivity contribution in [2.45, 2.75) is 5.88 Å². The van der Waals surface area contributed by atoms with Gasteiger partial charge in [0.2, 0.25) is 5.89 Å². The Morgan fingerprint density at radius 3 is 2.83 bits per heavy atom. The van der Waals surface area contributed by atoms with Crippen LogP contribution in [0, 0.1) is 10.1 Å². The molecule has 0 saturated carbocycles. The van der Waals surface area contributed by atoms with E-state index < -0.39 is 4.92 Å². The Bertz CT molecular complexity index is 584. The Balaban J connectivity index is 2.47. The molecule has 0 aliphatic rings. The van der Waals surface area contributed by atoms with Gasteiger partial charge in [-0.1, -0.05) is 0 Å². The van der Waals surface area contributed by atoms with E-state index in [2.05, 4.69) is 10.2 Å². The third-order valence-corrected chi connectivity index (χ3v) is 2.44. The first-order chi connectivity index (χ1) is 8.65. The molecule has 7 nitrogen and oxygen atoms in total. The largest absolute Gasteiger partial charge is 0.496 e. The molecule has 0 atom stereocenters. The number of alkyl halides is 1. The topological polar surface area (TPSA) is 91.3 Å². The molecule has 0 spiro atoms. The molecule has 2 rings (SSSR count). The Kier molecular flexibility index (Phi) is 3.42. The number of nitrogens with zero attached hydrogens (tertiary/aromatic N) is 3. The van der Waals surface area contributed by atoms with Gasteiger partial charge >= 0.3 is 0 Å². The summed E-state index contributed by atoms with van der Waals surface area (Å²) in [6, 6.07) is 4.12. The summed E-state index contributed by atoms with van der Waals surface area (Å²) in [5.41, 5.74) is 0.402. The molecule has 0 N–H and O–H groups in total. The van der Waals surface area contributed by atoms with Crippen LogP contribution >= 0.6 is 11.6 Å². The summed E-state index contributed by atoms with van der Waals surface area (Å²) >= 11 is 5.55. The molecule has 0 aliphatic carbocycles. The number of aromatic nitrogens is 2. The zero-order chi connectivity index (χ0) is 13.1. The summed E-state index contributed by atoms with van der Waals surface area (Å²) in [7, 11) is 1.40. The lowest BCUT2D eigenvalue weighted by Crippen LogP contribution is -1.92. The highest BCUT2D eigenvalue weighted by molar-refractivity contribution is 6.16. The molecule has 1 heterocycles. The minimum atomic E-state index is -0.510. The highest BCUT2D eigenvalue weighted by Crippen LogP contribution is 2.32. The molecule has 0 unspecified atom stereocenters. The van der Waals surface area contributed by atoms with Crippen molar-refractivity contribution in [3.8, 4) is 17.2 Å². The number of rotatable bonds is 4. The third kappa shape index (κ3) is 2.25. The maximum atomic E-state index is 10.6. The van der Waals surface area contributed by atoms with Gasteiger partial charge in [-0.05, 0) is 6.07 Å². The minimum absolute atomic E-state index is 0.0762. The highest BCUT2D eigenvalue weighted by Gasteiger charge is 2.17. The summed E-state index contributed by atoms with van der Waals surface area (Å²) < 4.78 is 10.3. The quantitative estimate of drug-likeness (QED) is 0.481. The van der Waals surface area contributed by atoms with Crippen LogP contribution < -0.4 is 4.74 Å². The van der Waals surface area contributed by atoms with Crippen LogP contribution in [0.3, 0.4) is 0 Å². The molecular formula is C10H8ClN3O4. The van der Waals surface area contributed by atoms with Crippen LogP contribution in [0.25, 0.3) is 11.5 Å². The zero-order valence-corrected chi connectivity index (χ0v) is 10.0. The van der Waals surface area contributed by atoms with Gasteiger partial charge in [0.05, 0.1) is 23.7 Å². The van der Waals surface area contributed by atoms with Crippen LogP contribution in [-0.2, 0) is 5.88 Å². The predicted molar refractivity (Wildman–Crippen MR) is 62.5 cm³/mol. The van der Waals surface area contributed by atoms with Gasteiger partial charge in [0.15, 0.2) is 0 Å². The SMILES string of the molecule is COc1cc([N+](=O)[O-])ccc1-c1nnc(CCl)o1. The highest BCUT2D eigenvalue weighted by atomic mass is 35.5. The van der Waals surface area contributed by atoms with Gasteiger partial charge in [-0.2, -0.15) is 0 Å². The van der Waals surface area contributed by atoms with Crippen molar-refractivity contribution in [3.05, 3.63) is 34.2 Å². The van der Waals surface area contributed by atoms with Gasteiger partial charge in [0.25, 0.3) is 11.6 Å². The standard InChI is InChI=1S/C10H8ClN3O4/c1-17-8-4-6(14(15)16)2-3-7(8)10-13-12-9(5-11)18-10/h2-4H,5H2,1H3. The van der Waals surface area contributed by atoms with E-state index in [1.807, 2.05) is 0 Å². The molecule has 0 aliphatic heterocycles. The van der Waals surface area contributed by atoms with Crippen molar-refractivity contribution in [3.63, 3.8) is 0 Å². The Morgan fingerprint density at radius 1 is 1.50 bits per heavy atom. The summed E-state index contributed by atoms with van der Waals surface area (Å²) in [5.74, 6) is 0.862. The second-order valence-electron chi connectivity index (χ2n) is 3.28. The maximum Gasteiger partial charge on any atom is 0.273 e. The van der Waals surface area contributed by atoms with Crippen LogP contribution in [0.4, 0.5) is 5.69 Å².